The molecule has 0 saturated carbocycles. The normalized spacial score (nSPS) is 20.4. The standard InChI is InChI=1S/C19H42Si/c1-13-19(8,9)16(4)17(20(10,11)12)14(2)15(3)18(5,6)7/h14-17H,13H2,1-12H3. The summed E-state index contributed by atoms with van der Waals surface area (Å²) in [5.41, 5.74) is 1.76. The number of hydrogen-bond donors (Lipinski definition) is 0. The summed E-state index contributed by atoms with van der Waals surface area (Å²) >= 11 is 0. The first-order chi connectivity index (χ1) is 8.66. The first-order valence-electron chi connectivity index (χ1n) is 8.66. The summed E-state index contributed by atoms with van der Waals surface area (Å²) in [7, 11) is -1.18. The van der Waals surface area contributed by atoms with E-state index in [1.807, 2.05) is 0 Å². The van der Waals surface area contributed by atoms with Crippen molar-refractivity contribution in [3.05, 3.63) is 0 Å². The van der Waals surface area contributed by atoms with Gasteiger partial charge in [-0.2, -0.15) is 0 Å². The van der Waals surface area contributed by atoms with Crippen molar-refractivity contribution < 1.29 is 0 Å². The highest BCUT2D eigenvalue weighted by molar-refractivity contribution is 6.77. The molecule has 0 rings (SSSR count). The molecule has 0 aliphatic carbocycles. The molecule has 1 heteroatoms. The third-order valence-electron chi connectivity index (χ3n) is 6.40. The van der Waals surface area contributed by atoms with Crippen LogP contribution in [0.4, 0.5) is 0 Å². The van der Waals surface area contributed by atoms with Crippen LogP contribution in [0.15, 0.2) is 0 Å². The van der Waals surface area contributed by atoms with Gasteiger partial charge in [0.25, 0.3) is 0 Å². The first kappa shape index (κ1) is 20.2. The predicted molar refractivity (Wildman–Crippen MR) is 98.1 cm³/mol. The zero-order chi connectivity index (χ0) is 16.5. The molecule has 0 spiro atoms. The number of hydrogen-bond acceptors (Lipinski definition) is 0. The van der Waals surface area contributed by atoms with Gasteiger partial charge in [0.15, 0.2) is 0 Å². The van der Waals surface area contributed by atoms with Crippen LogP contribution in [0.1, 0.15) is 68.7 Å². The topological polar surface area (TPSA) is 0 Å². The highest BCUT2D eigenvalue weighted by Gasteiger charge is 2.44. The molecule has 4 unspecified atom stereocenters. The van der Waals surface area contributed by atoms with Crippen LogP contribution < -0.4 is 0 Å². The van der Waals surface area contributed by atoms with Crippen molar-refractivity contribution in [3.8, 4) is 0 Å². The van der Waals surface area contributed by atoms with E-state index in [1.54, 1.807) is 0 Å². The molecule has 122 valence electrons. The van der Waals surface area contributed by atoms with Crippen LogP contribution in [-0.4, -0.2) is 8.07 Å². The lowest BCUT2D eigenvalue weighted by atomic mass is 9.67. The largest absolute Gasteiger partial charge is 0.0693 e. The molecule has 0 N–H and O–H groups in total. The zero-order valence-electron chi connectivity index (χ0n) is 16.5. The van der Waals surface area contributed by atoms with E-state index in [-0.39, 0.29) is 0 Å². The highest BCUT2D eigenvalue weighted by Crippen LogP contribution is 2.51. The molecule has 20 heavy (non-hydrogen) atoms. The Balaban J connectivity index is 5.50. The Kier molecular flexibility index (Phi) is 6.62. The minimum absolute atomic E-state index is 0.410. The van der Waals surface area contributed by atoms with Crippen LogP contribution in [0.3, 0.4) is 0 Å². The predicted octanol–water partition coefficient (Wildman–Crippen LogP) is 7.09. The summed E-state index contributed by atoms with van der Waals surface area (Å²) in [4.78, 5) is 0. The Morgan fingerprint density at radius 2 is 1.20 bits per heavy atom. The maximum Gasteiger partial charge on any atom is 0.0479 e. The van der Waals surface area contributed by atoms with Gasteiger partial charge >= 0.3 is 0 Å². The Bertz CT molecular complexity index is 290. The molecule has 0 nitrogen and oxygen atoms in total. The lowest BCUT2D eigenvalue weighted by Gasteiger charge is -2.49. The molecule has 0 saturated heterocycles. The molecule has 4 atom stereocenters. The molecule has 0 aliphatic heterocycles. The third kappa shape index (κ3) is 4.89. The minimum atomic E-state index is -1.18. The Hall–Kier alpha value is 0.217. The second-order valence-corrected chi connectivity index (χ2v) is 15.4. The molecular formula is C19H42Si. The van der Waals surface area contributed by atoms with E-state index >= 15 is 0 Å². The smallest absolute Gasteiger partial charge is 0.0479 e. The van der Waals surface area contributed by atoms with Crippen molar-refractivity contribution in [2.45, 2.75) is 93.9 Å². The van der Waals surface area contributed by atoms with Crippen LogP contribution in [0.2, 0.25) is 25.2 Å². The van der Waals surface area contributed by atoms with Crippen LogP contribution in [-0.2, 0) is 0 Å². The second-order valence-electron chi connectivity index (χ2n) is 10.0. The molecule has 0 aliphatic rings. The number of rotatable bonds is 6. The van der Waals surface area contributed by atoms with Gasteiger partial charge in [-0.05, 0) is 34.1 Å². The lowest BCUT2D eigenvalue weighted by molar-refractivity contribution is 0.120. The molecule has 0 aromatic heterocycles. The van der Waals surface area contributed by atoms with E-state index < -0.39 is 8.07 Å². The lowest BCUT2D eigenvalue weighted by Crippen LogP contribution is -2.44. The van der Waals surface area contributed by atoms with Gasteiger partial charge in [-0.3, -0.25) is 0 Å². The molecule has 0 fully saturated rings. The van der Waals surface area contributed by atoms with Gasteiger partial charge in [0.2, 0.25) is 0 Å². The van der Waals surface area contributed by atoms with E-state index in [1.165, 1.54) is 6.42 Å². The van der Waals surface area contributed by atoms with Crippen LogP contribution in [0, 0.1) is 28.6 Å². The molecule has 0 radical (unpaired) electrons. The minimum Gasteiger partial charge on any atom is -0.0693 e. The van der Waals surface area contributed by atoms with Crippen molar-refractivity contribution >= 4 is 8.07 Å². The highest BCUT2D eigenvalue weighted by atomic mass is 28.3. The van der Waals surface area contributed by atoms with Gasteiger partial charge in [-0.1, -0.05) is 88.4 Å². The molecule has 0 amide bonds. The summed E-state index contributed by atoms with van der Waals surface area (Å²) in [6.07, 6.45) is 1.28. The molecular weight excluding hydrogens is 256 g/mol. The van der Waals surface area contributed by atoms with Crippen molar-refractivity contribution in [2.75, 3.05) is 0 Å². The second kappa shape index (κ2) is 6.54. The average molecular weight is 299 g/mol. The summed E-state index contributed by atoms with van der Waals surface area (Å²) in [5, 5.41) is 0. The van der Waals surface area contributed by atoms with Gasteiger partial charge in [0, 0.05) is 8.07 Å². The molecule has 0 bridgehead atoms. The van der Waals surface area contributed by atoms with E-state index in [0.29, 0.717) is 10.8 Å². The van der Waals surface area contributed by atoms with Gasteiger partial charge in [-0.15, -0.1) is 0 Å². The van der Waals surface area contributed by atoms with E-state index in [4.69, 9.17) is 0 Å². The van der Waals surface area contributed by atoms with Crippen molar-refractivity contribution in [3.63, 3.8) is 0 Å². The van der Waals surface area contributed by atoms with Gasteiger partial charge < -0.3 is 0 Å². The third-order valence-corrected chi connectivity index (χ3v) is 9.43. The average Bonchev–Trinajstić information content (AvgIpc) is 2.24. The zero-order valence-corrected chi connectivity index (χ0v) is 17.5. The van der Waals surface area contributed by atoms with Crippen molar-refractivity contribution in [1.82, 2.24) is 0 Å². The Labute approximate surface area is 131 Å². The maximum atomic E-state index is 2.58. The molecule has 0 aromatic carbocycles. The first-order valence-corrected chi connectivity index (χ1v) is 12.2. The Morgan fingerprint density at radius 3 is 1.45 bits per heavy atom. The van der Waals surface area contributed by atoms with Crippen LogP contribution >= 0.6 is 0 Å². The molecule has 0 heterocycles. The quantitative estimate of drug-likeness (QED) is 0.459. The van der Waals surface area contributed by atoms with Gasteiger partial charge in [-0.25, -0.2) is 0 Å². The summed E-state index contributed by atoms with van der Waals surface area (Å²) < 4.78 is 0. The van der Waals surface area contributed by atoms with Crippen LogP contribution in [0.5, 0.6) is 0 Å². The summed E-state index contributed by atoms with van der Waals surface area (Å²) in [6.45, 7) is 29.8. The van der Waals surface area contributed by atoms with Gasteiger partial charge in [0.05, 0.1) is 0 Å². The fourth-order valence-corrected chi connectivity index (χ4v) is 7.72. The summed E-state index contributed by atoms with van der Waals surface area (Å²) in [5.74, 6) is 2.38. The maximum absolute atomic E-state index is 2.58. The van der Waals surface area contributed by atoms with Crippen LogP contribution in [0.25, 0.3) is 0 Å². The monoisotopic (exact) mass is 298 g/mol. The van der Waals surface area contributed by atoms with E-state index in [0.717, 1.165) is 23.3 Å². The summed E-state index contributed by atoms with van der Waals surface area (Å²) in [6, 6.07) is 0. The molecule has 0 aromatic rings. The fraction of sp³-hybridized carbons (Fsp3) is 1.00. The van der Waals surface area contributed by atoms with E-state index in [2.05, 4.69) is 82.0 Å². The van der Waals surface area contributed by atoms with Crippen molar-refractivity contribution in [1.29, 1.82) is 0 Å². The van der Waals surface area contributed by atoms with E-state index in [9.17, 15) is 0 Å². The van der Waals surface area contributed by atoms with Gasteiger partial charge in [0.1, 0.15) is 0 Å². The SMILES string of the molecule is CCC(C)(C)C(C)C(C(C)C(C)C(C)(C)C)[Si](C)(C)C. The fourth-order valence-electron chi connectivity index (χ4n) is 3.90. The van der Waals surface area contributed by atoms with Crippen molar-refractivity contribution in [2.24, 2.45) is 28.6 Å². The Morgan fingerprint density at radius 1 is 0.800 bits per heavy atom.